The number of aromatic nitrogens is 1. The molecule has 0 aliphatic rings. The number of alkyl carbamates (subject to hydrolysis) is 1. The third-order valence-electron chi connectivity index (χ3n) is 7.83. The number of carbonyl (C=O) groups is 4. The van der Waals surface area contributed by atoms with E-state index in [1.54, 1.807) is 6.20 Å². The van der Waals surface area contributed by atoms with Gasteiger partial charge in [0.05, 0.1) is 6.04 Å². The maximum Gasteiger partial charge on any atom is 0.408 e. The van der Waals surface area contributed by atoms with Crippen molar-refractivity contribution in [2.24, 2.45) is 0 Å². The molecule has 0 radical (unpaired) electrons. The highest BCUT2D eigenvalue weighted by Gasteiger charge is 2.32. The fourth-order valence-corrected chi connectivity index (χ4v) is 5.12. The lowest BCUT2D eigenvalue weighted by molar-refractivity contribution is -0.134. The van der Waals surface area contributed by atoms with E-state index >= 15 is 0 Å². The summed E-state index contributed by atoms with van der Waals surface area (Å²) >= 11 is 0. The topological polar surface area (TPSA) is 162 Å². The van der Waals surface area contributed by atoms with E-state index in [1.807, 2.05) is 91.9 Å². The van der Waals surface area contributed by atoms with Gasteiger partial charge in [0.15, 0.2) is 6.10 Å². The van der Waals surface area contributed by atoms with Gasteiger partial charge in [-0.2, -0.15) is 0 Å². The quantitative estimate of drug-likeness (QED) is 0.109. The number of rotatable bonds is 16. The minimum atomic E-state index is -1.52. The molecule has 6 N–H and O–H groups in total. The molecule has 0 saturated carbocycles. The van der Waals surface area contributed by atoms with Crippen LogP contribution in [-0.4, -0.2) is 58.1 Å². The second-order valence-corrected chi connectivity index (χ2v) is 11.5. The van der Waals surface area contributed by atoms with E-state index in [0.29, 0.717) is 12.8 Å². The molecule has 4 rings (SSSR count). The molecule has 0 aliphatic carbocycles. The average molecular weight is 642 g/mol. The van der Waals surface area contributed by atoms with Crippen LogP contribution >= 0.6 is 0 Å². The first-order chi connectivity index (χ1) is 22.7. The van der Waals surface area contributed by atoms with Crippen LogP contribution in [0.4, 0.5) is 4.79 Å². The minimum absolute atomic E-state index is 0.0347. The Balaban J connectivity index is 1.45. The molecular weight excluding hydrogens is 598 g/mol. The van der Waals surface area contributed by atoms with Crippen molar-refractivity contribution < 1.29 is 29.0 Å². The molecule has 11 heteroatoms. The van der Waals surface area contributed by atoms with Gasteiger partial charge in [-0.15, -0.1) is 0 Å². The summed E-state index contributed by atoms with van der Waals surface area (Å²) in [5, 5.41) is 22.7. The number of para-hydroxylation sites is 1. The Morgan fingerprint density at radius 1 is 0.809 bits per heavy atom. The molecule has 2 unspecified atom stereocenters. The highest BCUT2D eigenvalue weighted by molar-refractivity contribution is 5.92. The summed E-state index contributed by atoms with van der Waals surface area (Å²) in [6.07, 6.45) is 1.38. The number of hydrogen-bond donors (Lipinski definition) is 6. The minimum Gasteiger partial charge on any atom is -0.445 e. The molecule has 0 fully saturated rings. The van der Waals surface area contributed by atoms with Gasteiger partial charge in [-0.05, 0) is 36.1 Å². The second kappa shape index (κ2) is 17.5. The van der Waals surface area contributed by atoms with Crippen molar-refractivity contribution in [3.05, 3.63) is 108 Å². The Bertz CT molecular complexity index is 1610. The van der Waals surface area contributed by atoms with Gasteiger partial charge in [0.2, 0.25) is 11.8 Å². The van der Waals surface area contributed by atoms with E-state index in [0.717, 1.165) is 34.0 Å². The number of aliphatic hydroxyl groups is 1. The molecule has 4 atom stereocenters. The summed E-state index contributed by atoms with van der Waals surface area (Å²) in [7, 11) is 0. The van der Waals surface area contributed by atoms with Crippen molar-refractivity contribution in [1.29, 1.82) is 0 Å². The van der Waals surface area contributed by atoms with Crippen molar-refractivity contribution in [2.45, 2.75) is 76.9 Å². The van der Waals surface area contributed by atoms with Crippen molar-refractivity contribution in [1.82, 2.24) is 26.3 Å². The molecular formula is C36H43N5O6. The standard InChI is InChI=1S/C36H43N5O6/c1-3-4-18-30(32(42)35(45)38-21-25-13-7-5-8-14-25)40-34(44)31(20-27-22-37-29-19-12-11-17-28(27)29)41-33(43)24(2)39-36(46)47-23-26-15-9-6-10-16-26/h5-17,19,22,24,30-32,37,42H,3-4,18,20-21,23H2,1-2H3,(H,38,45)(H,39,46)(H,40,44)(H,41,43)/t24-,30?,31-,32?/m0/s1. The van der Waals surface area contributed by atoms with Crippen LogP contribution in [0, 0.1) is 0 Å². The number of H-pyrrole nitrogens is 1. The molecule has 3 aromatic carbocycles. The molecule has 0 aliphatic heterocycles. The first-order valence-electron chi connectivity index (χ1n) is 15.9. The van der Waals surface area contributed by atoms with Crippen LogP contribution in [0.1, 0.15) is 49.8 Å². The lowest BCUT2D eigenvalue weighted by Gasteiger charge is -2.27. The summed E-state index contributed by atoms with van der Waals surface area (Å²) in [4.78, 5) is 55.7. The first kappa shape index (κ1) is 34.7. The first-order valence-corrected chi connectivity index (χ1v) is 15.9. The smallest absolute Gasteiger partial charge is 0.408 e. The predicted molar refractivity (Wildman–Crippen MR) is 179 cm³/mol. The Hall–Kier alpha value is -5.16. The molecule has 248 valence electrons. The average Bonchev–Trinajstić information content (AvgIpc) is 3.50. The van der Waals surface area contributed by atoms with Gasteiger partial charge in [-0.3, -0.25) is 14.4 Å². The van der Waals surface area contributed by atoms with Gasteiger partial charge in [0, 0.05) is 30.1 Å². The van der Waals surface area contributed by atoms with Crippen LogP contribution in [0.2, 0.25) is 0 Å². The monoisotopic (exact) mass is 641 g/mol. The van der Waals surface area contributed by atoms with Crippen LogP contribution in [0.5, 0.6) is 0 Å². The number of amides is 4. The Labute approximate surface area is 274 Å². The molecule has 4 amide bonds. The number of ether oxygens (including phenoxy) is 1. The van der Waals surface area contributed by atoms with E-state index in [4.69, 9.17) is 4.74 Å². The number of nitrogens with one attached hydrogen (secondary N) is 5. The zero-order valence-corrected chi connectivity index (χ0v) is 26.7. The lowest BCUT2D eigenvalue weighted by atomic mass is 10.0. The molecule has 1 heterocycles. The maximum absolute atomic E-state index is 13.8. The SMILES string of the molecule is CCCCC(NC(=O)[C@H](Cc1c[nH]c2ccccc12)NC(=O)[C@H](C)NC(=O)OCc1ccccc1)C(O)C(=O)NCc1ccccc1. The van der Waals surface area contributed by atoms with E-state index in [1.165, 1.54) is 6.92 Å². The predicted octanol–water partition coefficient (Wildman–Crippen LogP) is 3.86. The molecule has 1 aromatic heterocycles. The van der Waals surface area contributed by atoms with Gasteiger partial charge in [-0.25, -0.2) is 4.79 Å². The molecule has 47 heavy (non-hydrogen) atoms. The normalized spacial score (nSPS) is 13.5. The maximum atomic E-state index is 13.8. The molecule has 4 aromatic rings. The largest absolute Gasteiger partial charge is 0.445 e. The van der Waals surface area contributed by atoms with Crippen LogP contribution in [0.25, 0.3) is 10.9 Å². The number of hydrogen-bond acceptors (Lipinski definition) is 6. The number of aliphatic hydroxyl groups excluding tert-OH is 1. The number of fused-ring (bicyclic) bond motifs is 1. The summed E-state index contributed by atoms with van der Waals surface area (Å²) < 4.78 is 5.24. The number of benzene rings is 3. The number of carbonyl (C=O) groups excluding carboxylic acids is 4. The van der Waals surface area contributed by atoms with Gasteiger partial charge in [0.1, 0.15) is 18.7 Å². The van der Waals surface area contributed by atoms with Crippen molar-refractivity contribution >= 4 is 34.7 Å². The van der Waals surface area contributed by atoms with Gasteiger partial charge >= 0.3 is 6.09 Å². The van der Waals surface area contributed by atoms with Gasteiger partial charge in [0.25, 0.3) is 5.91 Å². The summed E-state index contributed by atoms with van der Waals surface area (Å²) in [6, 6.07) is 23.0. The van der Waals surface area contributed by atoms with Crippen LogP contribution < -0.4 is 21.3 Å². The van der Waals surface area contributed by atoms with Crippen molar-refractivity contribution in [3.63, 3.8) is 0 Å². The third-order valence-corrected chi connectivity index (χ3v) is 7.83. The van der Waals surface area contributed by atoms with Crippen molar-refractivity contribution in [2.75, 3.05) is 0 Å². The molecule has 0 spiro atoms. The second-order valence-electron chi connectivity index (χ2n) is 11.5. The summed E-state index contributed by atoms with van der Waals surface area (Å²) in [6.45, 7) is 3.72. The van der Waals surface area contributed by atoms with Gasteiger partial charge in [-0.1, -0.05) is 98.6 Å². The zero-order chi connectivity index (χ0) is 33.6. The van der Waals surface area contributed by atoms with E-state index in [-0.39, 0.29) is 19.6 Å². The van der Waals surface area contributed by atoms with E-state index in [2.05, 4.69) is 26.3 Å². The third kappa shape index (κ3) is 10.4. The Kier molecular flexibility index (Phi) is 12.9. The van der Waals surface area contributed by atoms with E-state index < -0.39 is 48.0 Å². The molecule has 11 nitrogen and oxygen atoms in total. The lowest BCUT2D eigenvalue weighted by Crippen LogP contribution is -2.57. The zero-order valence-electron chi connectivity index (χ0n) is 26.7. The summed E-state index contributed by atoms with van der Waals surface area (Å²) in [5.41, 5.74) is 3.32. The number of aromatic amines is 1. The summed E-state index contributed by atoms with van der Waals surface area (Å²) in [5.74, 6) is -1.79. The van der Waals surface area contributed by atoms with Crippen LogP contribution in [-0.2, 0) is 38.7 Å². The highest BCUT2D eigenvalue weighted by Crippen LogP contribution is 2.19. The molecule has 0 saturated heterocycles. The Morgan fingerprint density at radius 2 is 1.47 bits per heavy atom. The fourth-order valence-electron chi connectivity index (χ4n) is 5.12. The van der Waals surface area contributed by atoms with Gasteiger partial charge < -0.3 is 36.1 Å². The Morgan fingerprint density at radius 3 is 2.17 bits per heavy atom. The fraction of sp³-hybridized carbons (Fsp3) is 0.333. The van der Waals surface area contributed by atoms with Crippen molar-refractivity contribution in [3.8, 4) is 0 Å². The van der Waals surface area contributed by atoms with E-state index in [9.17, 15) is 24.3 Å². The molecule has 0 bridgehead atoms. The number of unbranched alkanes of at least 4 members (excludes halogenated alkanes) is 1. The highest BCUT2D eigenvalue weighted by atomic mass is 16.5. The van der Waals surface area contributed by atoms with Crippen LogP contribution in [0.3, 0.4) is 0 Å². The van der Waals surface area contributed by atoms with Crippen LogP contribution in [0.15, 0.2) is 91.1 Å².